The zero-order valence-electron chi connectivity index (χ0n) is 19.4. The van der Waals surface area contributed by atoms with Crippen LogP contribution in [0.4, 0.5) is 27.5 Å². The molecule has 35 heavy (non-hydrogen) atoms. The van der Waals surface area contributed by atoms with Crippen LogP contribution in [0.1, 0.15) is 16.1 Å². The molecule has 0 radical (unpaired) electrons. The number of halogens is 2. The zero-order chi connectivity index (χ0) is 24.8. The first-order valence-electron chi connectivity index (χ1n) is 11.0. The Hall–Kier alpha value is -3.54. The van der Waals surface area contributed by atoms with E-state index in [-0.39, 0.29) is 17.5 Å². The molecule has 1 aliphatic heterocycles. The monoisotopic (exact) mass is 500 g/mol. The molecular formula is C23H26ClFN8O2. The molecule has 1 saturated heterocycles. The van der Waals surface area contributed by atoms with E-state index in [2.05, 4.69) is 36.0 Å². The number of rotatable bonds is 8. The van der Waals surface area contributed by atoms with Gasteiger partial charge >= 0.3 is 0 Å². The van der Waals surface area contributed by atoms with E-state index in [1.165, 1.54) is 6.20 Å². The minimum Gasteiger partial charge on any atom is -0.378 e. The quantitative estimate of drug-likeness (QED) is 0.402. The maximum atomic E-state index is 14.2. The molecule has 0 atom stereocenters. The van der Waals surface area contributed by atoms with Gasteiger partial charge < -0.3 is 19.9 Å². The summed E-state index contributed by atoms with van der Waals surface area (Å²) >= 11 is 6.40. The number of nitrogens with zero attached hydrogens (tertiary/aromatic N) is 5. The van der Waals surface area contributed by atoms with Gasteiger partial charge in [-0.05, 0) is 43.9 Å². The number of amides is 1. The topological polar surface area (TPSA) is 108 Å². The van der Waals surface area contributed by atoms with Crippen molar-refractivity contribution in [1.29, 1.82) is 0 Å². The van der Waals surface area contributed by atoms with E-state index < -0.39 is 11.7 Å². The summed E-state index contributed by atoms with van der Waals surface area (Å²) in [5, 5.41) is 3.78. The molecule has 1 aliphatic rings. The van der Waals surface area contributed by atoms with Gasteiger partial charge in [-0.3, -0.25) is 15.6 Å². The summed E-state index contributed by atoms with van der Waals surface area (Å²) in [6.07, 6.45) is 2.59. The van der Waals surface area contributed by atoms with Crippen LogP contribution < -0.4 is 21.1 Å². The highest BCUT2D eigenvalue weighted by Crippen LogP contribution is 2.26. The normalized spacial score (nSPS) is 13.6. The molecule has 3 N–H and O–H groups in total. The summed E-state index contributed by atoms with van der Waals surface area (Å²) in [7, 11) is 3.99. The summed E-state index contributed by atoms with van der Waals surface area (Å²) in [5.41, 5.74) is 7.77. The molecule has 0 saturated carbocycles. The number of pyridine rings is 1. The number of morpholine rings is 1. The molecule has 1 amide bonds. The predicted octanol–water partition coefficient (Wildman–Crippen LogP) is 3.06. The van der Waals surface area contributed by atoms with Gasteiger partial charge in [-0.1, -0.05) is 17.7 Å². The lowest BCUT2D eigenvalue weighted by Gasteiger charge is -2.28. The van der Waals surface area contributed by atoms with Crippen molar-refractivity contribution in [1.82, 2.24) is 25.3 Å². The molecule has 4 rings (SSSR count). The zero-order valence-corrected chi connectivity index (χ0v) is 20.1. The van der Waals surface area contributed by atoms with Gasteiger partial charge in [-0.25, -0.2) is 14.4 Å². The third kappa shape index (κ3) is 6.53. The molecule has 0 unspecified atom stereocenters. The fourth-order valence-electron chi connectivity index (χ4n) is 3.47. The van der Waals surface area contributed by atoms with Crippen LogP contribution in [0.3, 0.4) is 0 Å². The number of hydrogen-bond acceptors (Lipinski definition) is 9. The smallest absolute Gasteiger partial charge is 0.288 e. The second kappa shape index (κ2) is 11.3. The van der Waals surface area contributed by atoms with Crippen molar-refractivity contribution in [3.05, 3.63) is 64.8 Å². The number of benzene rings is 1. The highest BCUT2D eigenvalue weighted by atomic mass is 35.5. The Morgan fingerprint density at radius 3 is 2.66 bits per heavy atom. The minimum atomic E-state index is -0.541. The molecule has 3 heterocycles. The number of aromatic nitrogens is 3. The first-order chi connectivity index (χ1) is 16.9. The van der Waals surface area contributed by atoms with Gasteiger partial charge in [0.15, 0.2) is 11.6 Å². The molecular weight excluding hydrogens is 475 g/mol. The van der Waals surface area contributed by atoms with Gasteiger partial charge in [0.2, 0.25) is 5.95 Å². The van der Waals surface area contributed by atoms with E-state index in [1.807, 2.05) is 32.3 Å². The van der Waals surface area contributed by atoms with Crippen LogP contribution in [-0.2, 0) is 11.3 Å². The van der Waals surface area contributed by atoms with Crippen molar-refractivity contribution >= 4 is 40.6 Å². The standard InChI is InChI=1S/C23H26ClFN8O2/c1-32(2)14-15-3-5-19(17(24)11-15)28-16-4-6-20(26-12-16)22(34)30-31-23-27-13-18(25)21(29-23)33-7-9-35-10-8-33/h3-6,11-13,28H,7-10,14H2,1-2H3,(H,30,34)(H,27,29,31). The molecule has 2 aromatic heterocycles. The number of anilines is 4. The van der Waals surface area contributed by atoms with E-state index >= 15 is 0 Å². The van der Waals surface area contributed by atoms with Crippen molar-refractivity contribution < 1.29 is 13.9 Å². The van der Waals surface area contributed by atoms with Gasteiger partial charge in [0.25, 0.3) is 5.91 Å². The van der Waals surface area contributed by atoms with Crippen molar-refractivity contribution in [3.8, 4) is 0 Å². The van der Waals surface area contributed by atoms with Gasteiger partial charge in [0, 0.05) is 19.6 Å². The second-order valence-electron chi connectivity index (χ2n) is 8.15. The van der Waals surface area contributed by atoms with Crippen molar-refractivity contribution in [2.45, 2.75) is 6.54 Å². The number of carbonyl (C=O) groups excluding carboxylic acids is 1. The Morgan fingerprint density at radius 2 is 1.97 bits per heavy atom. The lowest BCUT2D eigenvalue weighted by molar-refractivity contribution is 0.0957. The minimum absolute atomic E-state index is 0.0619. The molecule has 0 aliphatic carbocycles. The fraction of sp³-hybridized carbons (Fsp3) is 0.304. The Balaban J connectivity index is 1.35. The first-order valence-corrected chi connectivity index (χ1v) is 11.3. The summed E-state index contributed by atoms with van der Waals surface area (Å²) in [5.74, 6) is -0.821. The fourth-order valence-corrected chi connectivity index (χ4v) is 3.72. The average Bonchev–Trinajstić information content (AvgIpc) is 2.85. The predicted molar refractivity (Wildman–Crippen MR) is 132 cm³/mol. The molecule has 1 fully saturated rings. The summed E-state index contributed by atoms with van der Waals surface area (Å²) in [6, 6.07) is 9.10. The van der Waals surface area contributed by atoms with E-state index in [0.717, 1.165) is 24.0 Å². The molecule has 10 nitrogen and oxygen atoms in total. The third-order valence-corrected chi connectivity index (χ3v) is 5.44. The first kappa shape index (κ1) is 24.6. The lowest BCUT2D eigenvalue weighted by atomic mass is 10.2. The van der Waals surface area contributed by atoms with Crippen molar-refractivity contribution in [2.75, 3.05) is 56.0 Å². The van der Waals surface area contributed by atoms with E-state index in [4.69, 9.17) is 16.3 Å². The van der Waals surface area contributed by atoms with Gasteiger partial charge in [-0.2, -0.15) is 4.98 Å². The third-order valence-electron chi connectivity index (χ3n) is 5.13. The Morgan fingerprint density at radius 1 is 1.17 bits per heavy atom. The van der Waals surface area contributed by atoms with Crippen LogP contribution in [0.2, 0.25) is 5.02 Å². The molecule has 0 bridgehead atoms. The molecule has 0 spiro atoms. The summed E-state index contributed by atoms with van der Waals surface area (Å²) < 4.78 is 19.4. The van der Waals surface area contributed by atoms with Crippen LogP contribution in [-0.4, -0.2) is 66.2 Å². The second-order valence-corrected chi connectivity index (χ2v) is 8.56. The molecule has 184 valence electrons. The van der Waals surface area contributed by atoms with Crippen LogP contribution in [0.25, 0.3) is 0 Å². The van der Waals surface area contributed by atoms with E-state index in [9.17, 15) is 9.18 Å². The number of carbonyl (C=O) groups is 1. The number of ether oxygens (including phenoxy) is 1. The van der Waals surface area contributed by atoms with Crippen LogP contribution in [0.15, 0.2) is 42.7 Å². The van der Waals surface area contributed by atoms with Crippen LogP contribution in [0.5, 0.6) is 0 Å². The average molecular weight is 501 g/mol. The maximum Gasteiger partial charge on any atom is 0.288 e. The van der Waals surface area contributed by atoms with Crippen LogP contribution in [0, 0.1) is 5.82 Å². The number of hydrazine groups is 1. The maximum absolute atomic E-state index is 14.2. The lowest BCUT2D eigenvalue weighted by Crippen LogP contribution is -2.38. The van der Waals surface area contributed by atoms with Gasteiger partial charge in [0.05, 0.1) is 42.0 Å². The Labute approximate surface area is 207 Å². The highest BCUT2D eigenvalue weighted by Gasteiger charge is 2.18. The van der Waals surface area contributed by atoms with Gasteiger partial charge in [0.1, 0.15) is 5.69 Å². The summed E-state index contributed by atoms with van der Waals surface area (Å²) in [6.45, 7) is 2.82. The van der Waals surface area contributed by atoms with E-state index in [0.29, 0.717) is 37.0 Å². The highest BCUT2D eigenvalue weighted by molar-refractivity contribution is 6.33. The molecule has 1 aromatic carbocycles. The van der Waals surface area contributed by atoms with E-state index in [1.54, 1.807) is 17.0 Å². The molecule has 3 aromatic rings. The SMILES string of the molecule is CN(C)Cc1ccc(Nc2ccc(C(=O)NNc3ncc(F)c(N4CCOCC4)n3)nc2)c(Cl)c1. The summed E-state index contributed by atoms with van der Waals surface area (Å²) in [4.78, 5) is 28.5. The molecule has 12 heteroatoms. The van der Waals surface area contributed by atoms with Crippen molar-refractivity contribution in [3.63, 3.8) is 0 Å². The van der Waals surface area contributed by atoms with Crippen LogP contribution >= 0.6 is 11.6 Å². The Kier molecular flexibility index (Phi) is 7.91. The largest absolute Gasteiger partial charge is 0.378 e. The van der Waals surface area contributed by atoms with Crippen molar-refractivity contribution in [2.24, 2.45) is 0 Å². The number of hydrogen-bond donors (Lipinski definition) is 3. The number of nitrogens with one attached hydrogen (secondary N) is 3. The van der Waals surface area contributed by atoms with Gasteiger partial charge in [-0.15, -0.1) is 0 Å². The Bertz CT molecular complexity index is 1170.